The van der Waals surface area contributed by atoms with E-state index in [1.807, 2.05) is 0 Å². The van der Waals surface area contributed by atoms with Crippen molar-refractivity contribution in [3.8, 4) is 0 Å². The molecule has 2 N–H and O–H groups in total. The highest BCUT2D eigenvalue weighted by Gasteiger charge is 2.28. The summed E-state index contributed by atoms with van der Waals surface area (Å²) in [7, 11) is -4.76. The third kappa shape index (κ3) is 54.0. The zero-order valence-corrected chi connectivity index (χ0v) is 48.5. The summed E-state index contributed by atoms with van der Waals surface area (Å²) in [5.41, 5.74) is 0. The molecule has 0 saturated heterocycles. The van der Waals surface area contributed by atoms with Crippen LogP contribution in [0.1, 0.15) is 278 Å². The Kier molecular flexibility index (Phi) is 54.2. The number of rotatable bonds is 56. The average molecular weight is 1060 g/mol. The Labute approximate surface area is 453 Å². The van der Waals surface area contributed by atoms with Crippen LogP contribution < -0.4 is 0 Å². The van der Waals surface area contributed by atoms with E-state index in [1.54, 1.807) is 0 Å². The topological polar surface area (TPSA) is 155 Å². The van der Waals surface area contributed by atoms with Crippen LogP contribution in [0, 0.1) is 0 Å². The number of carbonyl (C=O) groups is 3. The van der Waals surface area contributed by atoms with Crippen LogP contribution in [0.3, 0.4) is 0 Å². The van der Waals surface area contributed by atoms with E-state index >= 15 is 0 Å². The van der Waals surface area contributed by atoms with Crippen molar-refractivity contribution < 1.29 is 52.2 Å². The van der Waals surface area contributed by atoms with E-state index in [0.717, 1.165) is 109 Å². The Bertz CT molecular complexity index is 1470. The summed E-state index contributed by atoms with van der Waals surface area (Å²) in [6.45, 7) is 4.54. The molecule has 0 saturated carbocycles. The molecule has 11 nitrogen and oxygen atoms in total. The first kappa shape index (κ1) is 71.2. The monoisotopic (exact) mass is 1060 g/mol. The summed E-state index contributed by atoms with van der Waals surface area (Å²) in [6, 6.07) is 0. The summed E-state index contributed by atoms with van der Waals surface area (Å²) >= 11 is 0. The molecule has 3 atom stereocenters. The van der Waals surface area contributed by atoms with Gasteiger partial charge in [0.05, 0.1) is 19.8 Å². The SMILES string of the molecule is CCC/C=C\C/C=C\CCCCCCCC(=O)OCC(COP(=O)(O)OCC(CO)OC(=O)CCCCCCC/C=C\C/C=C\CCCCC)OC(=O)CCCCCCCCCCC/C=C\CCCCCCCC. The van der Waals surface area contributed by atoms with Crippen LogP contribution >= 0.6 is 7.82 Å². The number of hydrogen-bond donors (Lipinski definition) is 2. The number of aliphatic hydroxyl groups excluding tert-OH is 1. The molecule has 3 unspecified atom stereocenters. The molecule has 0 radical (unpaired) electrons. The maximum Gasteiger partial charge on any atom is 0.472 e. The first-order valence-corrected chi connectivity index (χ1v) is 31.7. The zero-order valence-electron chi connectivity index (χ0n) is 47.6. The normalized spacial score (nSPS) is 13.7. The Morgan fingerprint density at radius 1 is 0.378 bits per heavy atom. The van der Waals surface area contributed by atoms with E-state index in [4.69, 9.17) is 23.3 Å². The van der Waals surface area contributed by atoms with Gasteiger partial charge in [-0.3, -0.25) is 23.4 Å². The lowest BCUT2D eigenvalue weighted by molar-refractivity contribution is -0.161. The standard InChI is InChI=1S/C62H111O11P/c1-4-7-10-13-16-19-22-25-27-28-29-30-32-35-38-41-44-47-50-53-62(66)73-59(55-69-60(64)51-48-45-42-39-36-33-24-21-18-15-12-9-6-3)57-71-74(67,68)70-56-58(54-63)72-61(65)52-49-46-43-40-37-34-31-26-23-20-17-14-11-8-5-2/h12,15,17,20-21,24-27,31,58-59,63H,4-11,13-14,16,18-19,22-23,28-30,32-57H2,1-3H3,(H,67,68)/b15-12-,20-17-,24-21-,27-25-,31-26-. The van der Waals surface area contributed by atoms with Gasteiger partial charge in [0.2, 0.25) is 0 Å². The maximum absolute atomic E-state index is 12.9. The zero-order chi connectivity index (χ0) is 54.1. The first-order chi connectivity index (χ1) is 36.2. The van der Waals surface area contributed by atoms with Crippen LogP contribution in [0.25, 0.3) is 0 Å². The van der Waals surface area contributed by atoms with Gasteiger partial charge in [0.25, 0.3) is 0 Å². The third-order valence-corrected chi connectivity index (χ3v) is 13.8. The van der Waals surface area contributed by atoms with Crippen molar-refractivity contribution in [2.45, 2.75) is 290 Å². The quantitative estimate of drug-likeness (QED) is 0.0197. The van der Waals surface area contributed by atoms with Gasteiger partial charge >= 0.3 is 25.7 Å². The van der Waals surface area contributed by atoms with Crippen molar-refractivity contribution in [1.82, 2.24) is 0 Å². The Hall–Kier alpha value is -2.82. The molecule has 0 amide bonds. The molecule has 0 aromatic rings. The molecule has 0 spiro atoms. The molecule has 74 heavy (non-hydrogen) atoms. The number of allylic oxidation sites excluding steroid dienone is 10. The lowest BCUT2D eigenvalue weighted by atomic mass is 10.1. The van der Waals surface area contributed by atoms with E-state index in [1.165, 1.54) is 109 Å². The van der Waals surface area contributed by atoms with Crippen LogP contribution in [0.2, 0.25) is 0 Å². The molecular weight excluding hydrogens is 952 g/mol. The minimum absolute atomic E-state index is 0.160. The molecule has 0 aliphatic rings. The fourth-order valence-electron chi connectivity index (χ4n) is 8.24. The van der Waals surface area contributed by atoms with Crippen molar-refractivity contribution in [2.24, 2.45) is 0 Å². The minimum Gasteiger partial charge on any atom is -0.462 e. The fourth-order valence-corrected chi connectivity index (χ4v) is 9.03. The predicted molar refractivity (Wildman–Crippen MR) is 307 cm³/mol. The summed E-state index contributed by atoms with van der Waals surface area (Å²) in [4.78, 5) is 48.6. The molecule has 0 aromatic carbocycles. The lowest BCUT2D eigenvalue weighted by Crippen LogP contribution is -2.30. The predicted octanol–water partition coefficient (Wildman–Crippen LogP) is 17.9. The molecule has 0 aliphatic heterocycles. The molecule has 12 heteroatoms. The van der Waals surface area contributed by atoms with Crippen LogP contribution in [-0.4, -0.2) is 66.5 Å². The van der Waals surface area contributed by atoms with Crippen LogP contribution in [0.15, 0.2) is 60.8 Å². The van der Waals surface area contributed by atoms with Crippen molar-refractivity contribution >= 4 is 25.7 Å². The number of phosphoric acid groups is 1. The summed E-state index contributed by atoms with van der Waals surface area (Å²) in [6.07, 6.45) is 61.7. The van der Waals surface area contributed by atoms with Crippen LogP contribution in [-0.2, 0) is 42.2 Å². The maximum atomic E-state index is 12.9. The molecular formula is C62H111O11P. The highest BCUT2D eigenvalue weighted by Crippen LogP contribution is 2.43. The molecule has 0 fully saturated rings. The van der Waals surface area contributed by atoms with Gasteiger partial charge in [-0.1, -0.05) is 216 Å². The minimum atomic E-state index is -4.76. The van der Waals surface area contributed by atoms with Gasteiger partial charge in [0.15, 0.2) is 6.10 Å². The molecule has 0 rings (SSSR count). The molecule has 0 aromatic heterocycles. The number of hydrogen-bond acceptors (Lipinski definition) is 10. The Morgan fingerprint density at radius 2 is 0.689 bits per heavy atom. The van der Waals surface area contributed by atoms with E-state index in [9.17, 15) is 28.9 Å². The van der Waals surface area contributed by atoms with Gasteiger partial charge in [0.1, 0.15) is 12.7 Å². The highest BCUT2D eigenvalue weighted by molar-refractivity contribution is 7.47. The van der Waals surface area contributed by atoms with E-state index in [0.29, 0.717) is 19.3 Å². The van der Waals surface area contributed by atoms with E-state index in [-0.39, 0.29) is 25.9 Å². The van der Waals surface area contributed by atoms with Crippen molar-refractivity contribution in [2.75, 3.05) is 26.4 Å². The number of phosphoric ester groups is 1. The van der Waals surface area contributed by atoms with Crippen molar-refractivity contribution in [3.05, 3.63) is 60.8 Å². The highest BCUT2D eigenvalue weighted by atomic mass is 31.2. The second kappa shape index (κ2) is 56.4. The van der Waals surface area contributed by atoms with Crippen molar-refractivity contribution in [1.29, 1.82) is 0 Å². The van der Waals surface area contributed by atoms with Crippen molar-refractivity contribution in [3.63, 3.8) is 0 Å². The largest absolute Gasteiger partial charge is 0.472 e. The summed E-state index contributed by atoms with van der Waals surface area (Å²) in [5.74, 6) is -1.49. The second-order valence-corrected chi connectivity index (χ2v) is 21.6. The molecule has 430 valence electrons. The molecule has 0 heterocycles. The molecule has 0 aliphatic carbocycles. The first-order valence-electron chi connectivity index (χ1n) is 30.2. The van der Waals surface area contributed by atoms with Gasteiger partial charge in [0, 0.05) is 19.3 Å². The number of unbranched alkanes of at least 4 members (excludes halogenated alkanes) is 29. The van der Waals surface area contributed by atoms with Gasteiger partial charge in [-0.05, 0) is 103 Å². The number of ether oxygens (including phenoxy) is 3. The molecule has 0 bridgehead atoms. The number of aliphatic hydroxyl groups is 1. The third-order valence-electron chi connectivity index (χ3n) is 12.9. The second-order valence-electron chi connectivity index (χ2n) is 20.2. The summed E-state index contributed by atoms with van der Waals surface area (Å²) < 4.78 is 39.6. The van der Waals surface area contributed by atoms with E-state index < -0.39 is 57.8 Å². The summed E-state index contributed by atoms with van der Waals surface area (Å²) in [5, 5.41) is 9.82. The lowest BCUT2D eigenvalue weighted by Gasteiger charge is -2.21. The fraction of sp³-hybridized carbons (Fsp3) is 0.790. The van der Waals surface area contributed by atoms with E-state index in [2.05, 4.69) is 81.5 Å². The van der Waals surface area contributed by atoms with Crippen LogP contribution in [0.4, 0.5) is 0 Å². The number of carbonyl (C=O) groups excluding carboxylic acids is 3. The smallest absolute Gasteiger partial charge is 0.462 e. The average Bonchev–Trinajstić information content (AvgIpc) is 3.39. The van der Waals surface area contributed by atoms with Gasteiger partial charge in [-0.2, -0.15) is 0 Å². The van der Waals surface area contributed by atoms with Crippen LogP contribution in [0.5, 0.6) is 0 Å². The number of esters is 3. The Balaban J connectivity index is 4.71. The van der Waals surface area contributed by atoms with Gasteiger partial charge in [-0.15, -0.1) is 0 Å². The Morgan fingerprint density at radius 3 is 1.09 bits per heavy atom. The van der Waals surface area contributed by atoms with Gasteiger partial charge in [-0.25, -0.2) is 4.57 Å². The van der Waals surface area contributed by atoms with Gasteiger partial charge < -0.3 is 24.2 Å².